The van der Waals surface area contributed by atoms with Gasteiger partial charge in [0.1, 0.15) is 5.82 Å². The summed E-state index contributed by atoms with van der Waals surface area (Å²) in [4.78, 5) is 15.9. The van der Waals surface area contributed by atoms with Gasteiger partial charge < -0.3 is 15.0 Å². The molecule has 1 aliphatic rings. The molecule has 0 bridgehead atoms. The van der Waals surface area contributed by atoms with Crippen molar-refractivity contribution < 1.29 is 13.9 Å². The second-order valence-electron chi connectivity index (χ2n) is 6.33. The van der Waals surface area contributed by atoms with E-state index < -0.39 is 0 Å². The minimum absolute atomic E-state index is 0.0939. The Morgan fingerprint density at radius 1 is 1.20 bits per heavy atom. The molecule has 0 unspecified atom stereocenters. The van der Waals surface area contributed by atoms with E-state index in [9.17, 15) is 9.18 Å². The summed E-state index contributed by atoms with van der Waals surface area (Å²) in [7, 11) is 0. The summed E-state index contributed by atoms with van der Waals surface area (Å²) < 4.78 is 19.0. The van der Waals surface area contributed by atoms with Gasteiger partial charge in [-0.25, -0.2) is 4.39 Å². The van der Waals surface area contributed by atoms with Gasteiger partial charge in [0, 0.05) is 23.9 Å². The van der Waals surface area contributed by atoms with Gasteiger partial charge in [0.05, 0.1) is 12.1 Å². The molecule has 128 valence electrons. The zero-order valence-electron chi connectivity index (χ0n) is 13.7. The van der Waals surface area contributed by atoms with Crippen LogP contribution in [0.15, 0.2) is 54.7 Å². The van der Waals surface area contributed by atoms with Crippen molar-refractivity contribution in [1.82, 2.24) is 10.3 Å². The molecule has 2 heterocycles. The summed E-state index contributed by atoms with van der Waals surface area (Å²) in [6, 6.07) is 13.5. The first kappa shape index (κ1) is 15.8. The first-order valence-electron chi connectivity index (χ1n) is 8.46. The molecule has 0 aliphatic carbocycles. The number of carbonyl (C=O) groups is 1. The molecule has 1 aliphatic heterocycles. The zero-order chi connectivity index (χ0) is 17.2. The molecule has 0 radical (unpaired) electrons. The van der Waals surface area contributed by atoms with Crippen LogP contribution < -0.4 is 5.32 Å². The Balaban J connectivity index is 1.60. The van der Waals surface area contributed by atoms with E-state index in [1.165, 1.54) is 12.1 Å². The summed E-state index contributed by atoms with van der Waals surface area (Å²) in [5.74, 6) is -0.459. The maximum atomic E-state index is 13.3. The highest BCUT2D eigenvalue weighted by Gasteiger charge is 2.29. The zero-order valence-corrected chi connectivity index (χ0v) is 13.7. The summed E-state index contributed by atoms with van der Waals surface area (Å²) in [5.41, 5.74) is 2.35. The molecule has 1 amide bonds. The number of hydrogen-bond donors (Lipinski definition) is 2. The molecule has 1 fully saturated rings. The topological polar surface area (TPSA) is 54.1 Å². The lowest BCUT2D eigenvalue weighted by Gasteiger charge is -2.25. The van der Waals surface area contributed by atoms with Crippen LogP contribution in [0, 0.1) is 5.82 Å². The molecule has 3 aromatic rings. The quantitative estimate of drug-likeness (QED) is 0.757. The lowest BCUT2D eigenvalue weighted by atomic mass is 9.98. The number of carbonyl (C=O) groups excluding carboxylic acids is 1. The number of ether oxygens (including phenoxy) is 1. The highest BCUT2D eigenvalue weighted by Crippen LogP contribution is 2.28. The van der Waals surface area contributed by atoms with E-state index in [0.29, 0.717) is 12.2 Å². The molecule has 25 heavy (non-hydrogen) atoms. The second-order valence-corrected chi connectivity index (χ2v) is 6.33. The van der Waals surface area contributed by atoms with Gasteiger partial charge in [-0.05, 0) is 54.1 Å². The Bertz CT molecular complexity index is 882. The molecule has 1 aromatic heterocycles. The molecule has 1 saturated heterocycles. The van der Waals surface area contributed by atoms with Gasteiger partial charge >= 0.3 is 0 Å². The van der Waals surface area contributed by atoms with Crippen LogP contribution in [0.1, 0.15) is 34.8 Å². The van der Waals surface area contributed by atoms with Crippen molar-refractivity contribution in [3.05, 3.63) is 71.7 Å². The second kappa shape index (κ2) is 6.69. The molecule has 0 saturated carbocycles. The van der Waals surface area contributed by atoms with Gasteiger partial charge in [-0.1, -0.05) is 18.2 Å². The third-order valence-corrected chi connectivity index (χ3v) is 4.67. The Kier molecular flexibility index (Phi) is 4.24. The van der Waals surface area contributed by atoms with E-state index in [-0.39, 0.29) is 23.9 Å². The van der Waals surface area contributed by atoms with E-state index in [0.717, 1.165) is 29.3 Å². The summed E-state index contributed by atoms with van der Waals surface area (Å²) in [5, 5.41) is 4.13. The minimum Gasteiger partial charge on any atom is -0.376 e. The fourth-order valence-corrected chi connectivity index (χ4v) is 3.34. The fourth-order valence-electron chi connectivity index (χ4n) is 3.34. The number of nitrogens with one attached hydrogen (secondary N) is 2. The number of rotatable bonds is 4. The van der Waals surface area contributed by atoms with Crippen molar-refractivity contribution in [2.24, 2.45) is 0 Å². The van der Waals surface area contributed by atoms with Gasteiger partial charge in [-0.15, -0.1) is 0 Å². The van der Waals surface area contributed by atoms with E-state index in [1.54, 1.807) is 12.1 Å². The van der Waals surface area contributed by atoms with Gasteiger partial charge in [-0.2, -0.15) is 0 Å². The van der Waals surface area contributed by atoms with Crippen molar-refractivity contribution >= 4 is 16.8 Å². The molecule has 2 atom stereocenters. The Morgan fingerprint density at radius 2 is 2.04 bits per heavy atom. The first-order chi connectivity index (χ1) is 12.2. The maximum absolute atomic E-state index is 13.3. The van der Waals surface area contributed by atoms with Crippen molar-refractivity contribution in [2.75, 3.05) is 6.61 Å². The number of halogens is 1. The van der Waals surface area contributed by atoms with Gasteiger partial charge in [0.2, 0.25) is 0 Å². The number of aromatic nitrogens is 1. The van der Waals surface area contributed by atoms with Crippen molar-refractivity contribution in [2.45, 2.75) is 25.0 Å². The molecule has 4 rings (SSSR count). The summed E-state index contributed by atoms with van der Waals surface area (Å²) in [6.07, 6.45) is 3.59. The van der Waals surface area contributed by atoms with E-state index >= 15 is 0 Å². The summed E-state index contributed by atoms with van der Waals surface area (Å²) >= 11 is 0. The SMILES string of the molecule is O=C(N[C@H](c1ccc(F)cc1)[C@@H]1CCCO1)c1ccc2cc[nH]c2c1. The Morgan fingerprint density at radius 3 is 2.80 bits per heavy atom. The van der Waals surface area contributed by atoms with Crippen LogP contribution in [0.3, 0.4) is 0 Å². The number of hydrogen-bond acceptors (Lipinski definition) is 2. The van der Waals surface area contributed by atoms with Crippen LogP contribution >= 0.6 is 0 Å². The first-order valence-corrected chi connectivity index (χ1v) is 8.46. The van der Waals surface area contributed by atoms with Crippen molar-refractivity contribution in [3.8, 4) is 0 Å². The average Bonchev–Trinajstić information content (AvgIpc) is 3.31. The number of amides is 1. The number of aromatic amines is 1. The van der Waals surface area contributed by atoms with Crippen LogP contribution in [-0.2, 0) is 4.74 Å². The largest absolute Gasteiger partial charge is 0.376 e. The molecule has 4 nitrogen and oxygen atoms in total. The molecule has 0 spiro atoms. The molecular weight excluding hydrogens is 319 g/mol. The third kappa shape index (κ3) is 3.28. The highest BCUT2D eigenvalue weighted by atomic mass is 19.1. The predicted molar refractivity (Wildman–Crippen MR) is 93.9 cm³/mol. The van der Waals surface area contributed by atoms with Gasteiger partial charge in [-0.3, -0.25) is 4.79 Å². The minimum atomic E-state index is -0.296. The third-order valence-electron chi connectivity index (χ3n) is 4.67. The lowest BCUT2D eigenvalue weighted by Crippen LogP contribution is -2.36. The van der Waals surface area contributed by atoms with E-state index in [1.807, 2.05) is 30.5 Å². The Hall–Kier alpha value is -2.66. The van der Waals surface area contributed by atoms with Crippen LogP contribution in [-0.4, -0.2) is 23.6 Å². The monoisotopic (exact) mass is 338 g/mol. The fraction of sp³-hybridized carbons (Fsp3) is 0.250. The Labute approximate surface area is 145 Å². The van der Waals surface area contributed by atoms with Crippen LogP contribution in [0.25, 0.3) is 10.9 Å². The van der Waals surface area contributed by atoms with Crippen LogP contribution in [0.2, 0.25) is 0 Å². The van der Waals surface area contributed by atoms with Gasteiger partial charge in [0.25, 0.3) is 5.91 Å². The maximum Gasteiger partial charge on any atom is 0.251 e. The standard InChI is InChI=1S/C20H19FN2O2/c21-16-7-5-14(6-8-16)19(18-2-1-11-25-18)23-20(24)15-4-3-13-9-10-22-17(13)12-15/h3-10,12,18-19,22H,1-2,11H2,(H,23,24)/t18-,19+/m0/s1. The number of fused-ring (bicyclic) bond motifs is 1. The predicted octanol–water partition coefficient (Wildman–Crippen LogP) is 3.96. The molecular formula is C20H19FN2O2. The molecule has 2 N–H and O–H groups in total. The average molecular weight is 338 g/mol. The van der Waals surface area contributed by atoms with Crippen LogP contribution in [0.4, 0.5) is 4.39 Å². The normalized spacial score (nSPS) is 18.4. The number of benzene rings is 2. The van der Waals surface area contributed by atoms with E-state index in [4.69, 9.17) is 4.74 Å². The van der Waals surface area contributed by atoms with Crippen LogP contribution in [0.5, 0.6) is 0 Å². The molecule has 5 heteroatoms. The summed E-state index contributed by atoms with van der Waals surface area (Å²) in [6.45, 7) is 0.687. The smallest absolute Gasteiger partial charge is 0.251 e. The van der Waals surface area contributed by atoms with Crippen molar-refractivity contribution in [1.29, 1.82) is 0 Å². The van der Waals surface area contributed by atoms with Gasteiger partial charge in [0.15, 0.2) is 0 Å². The highest BCUT2D eigenvalue weighted by molar-refractivity contribution is 5.98. The lowest BCUT2D eigenvalue weighted by molar-refractivity contribution is 0.0672. The molecule has 2 aromatic carbocycles. The van der Waals surface area contributed by atoms with E-state index in [2.05, 4.69) is 10.3 Å². The van der Waals surface area contributed by atoms with Crippen molar-refractivity contribution in [3.63, 3.8) is 0 Å². The number of H-pyrrole nitrogens is 1.